The van der Waals surface area contributed by atoms with Crippen LogP contribution in [0.2, 0.25) is 5.02 Å². The van der Waals surface area contributed by atoms with Crippen molar-refractivity contribution in [1.29, 1.82) is 0 Å². The number of benzene rings is 2. The molecule has 2 rings (SSSR count). The number of esters is 1. The molecule has 110 valence electrons. The second kappa shape index (κ2) is 6.45. The molecule has 0 heterocycles. The number of carbonyl (C=O) groups is 1. The highest BCUT2D eigenvalue weighted by Crippen LogP contribution is 2.23. The van der Waals surface area contributed by atoms with Gasteiger partial charge in [0.15, 0.2) is 0 Å². The summed E-state index contributed by atoms with van der Waals surface area (Å²) in [6, 6.07) is 8.64. The molecular weight excluding hydrogens is 297 g/mol. The predicted octanol–water partition coefficient (Wildman–Crippen LogP) is 3.43. The number of hydrogen-bond acceptors (Lipinski definition) is 4. The Hall–Kier alpha value is -2.27. The van der Waals surface area contributed by atoms with Crippen LogP contribution in [0, 0.1) is 5.82 Å². The molecule has 0 radical (unpaired) electrons. The van der Waals surface area contributed by atoms with E-state index < -0.39 is 11.8 Å². The van der Waals surface area contributed by atoms with Crippen molar-refractivity contribution in [2.45, 2.75) is 6.61 Å². The number of carbonyl (C=O) groups excluding carboxylic acids is 1. The van der Waals surface area contributed by atoms with Gasteiger partial charge in [0.25, 0.3) is 0 Å². The molecule has 0 saturated heterocycles. The Balaban J connectivity index is 2.15. The molecule has 2 N–H and O–H groups in total. The maximum Gasteiger partial charge on any atom is 0.342 e. The van der Waals surface area contributed by atoms with Crippen molar-refractivity contribution in [2.24, 2.45) is 0 Å². The van der Waals surface area contributed by atoms with Crippen LogP contribution in [-0.4, -0.2) is 13.1 Å². The number of anilines is 1. The van der Waals surface area contributed by atoms with Gasteiger partial charge in [-0.3, -0.25) is 0 Å². The number of hydrogen-bond donors (Lipinski definition) is 1. The highest BCUT2D eigenvalue weighted by atomic mass is 35.5. The summed E-state index contributed by atoms with van der Waals surface area (Å²) >= 11 is 5.77. The Labute approximate surface area is 126 Å². The van der Waals surface area contributed by atoms with E-state index in [2.05, 4.69) is 0 Å². The van der Waals surface area contributed by atoms with Gasteiger partial charge in [-0.05, 0) is 36.4 Å². The molecule has 0 unspecified atom stereocenters. The van der Waals surface area contributed by atoms with E-state index in [0.29, 0.717) is 16.5 Å². The molecule has 6 heteroatoms. The lowest BCUT2D eigenvalue weighted by Crippen LogP contribution is -2.08. The maximum atomic E-state index is 13.5. The molecule has 0 atom stereocenters. The van der Waals surface area contributed by atoms with E-state index in [1.165, 1.54) is 31.4 Å². The highest BCUT2D eigenvalue weighted by Gasteiger charge is 2.15. The molecule has 0 spiro atoms. The summed E-state index contributed by atoms with van der Waals surface area (Å²) in [5.41, 5.74) is 6.40. The molecule has 2 aromatic rings. The Bertz CT molecular complexity index is 676. The Kier molecular flexibility index (Phi) is 4.65. The largest absolute Gasteiger partial charge is 0.496 e. The van der Waals surface area contributed by atoms with E-state index >= 15 is 0 Å². The summed E-state index contributed by atoms with van der Waals surface area (Å²) in [5.74, 6) is -0.814. The first-order valence-electron chi connectivity index (χ1n) is 6.06. The minimum absolute atomic E-state index is 0.180. The van der Waals surface area contributed by atoms with Crippen LogP contribution in [0.1, 0.15) is 15.9 Å². The third kappa shape index (κ3) is 3.64. The average molecular weight is 310 g/mol. The van der Waals surface area contributed by atoms with E-state index in [9.17, 15) is 9.18 Å². The molecule has 0 amide bonds. The molecule has 4 nitrogen and oxygen atoms in total. The number of halogens is 2. The topological polar surface area (TPSA) is 61.5 Å². The molecule has 0 aliphatic carbocycles. The Morgan fingerprint density at radius 2 is 2.05 bits per heavy atom. The third-order valence-corrected chi connectivity index (χ3v) is 3.05. The molecule has 2 aromatic carbocycles. The number of methoxy groups -OCH3 is 1. The van der Waals surface area contributed by atoms with Crippen LogP contribution in [0.15, 0.2) is 36.4 Å². The summed E-state index contributed by atoms with van der Waals surface area (Å²) in [7, 11) is 1.43. The summed E-state index contributed by atoms with van der Waals surface area (Å²) in [6.45, 7) is -0.233. The smallest absolute Gasteiger partial charge is 0.342 e. The van der Waals surface area contributed by atoms with Crippen LogP contribution in [0.5, 0.6) is 5.75 Å². The van der Waals surface area contributed by atoms with Gasteiger partial charge in [0.2, 0.25) is 0 Å². The maximum absolute atomic E-state index is 13.5. The summed E-state index contributed by atoms with van der Waals surface area (Å²) in [6.07, 6.45) is 0. The van der Waals surface area contributed by atoms with E-state index in [-0.39, 0.29) is 17.7 Å². The average Bonchev–Trinajstić information content (AvgIpc) is 2.47. The summed E-state index contributed by atoms with van der Waals surface area (Å²) in [5, 5.41) is 0.365. The molecule has 0 bridgehead atoms. The van der Waals surface area contributed by atoms with Gasteiger partial charge < -0.3 is 15.2 Å². The molecular formula is C15H13ClFNO3. The zero-order chi connectivity index (χ0) is 15.4. The quantitative estimate of drug-likeness (QED) is 0.694. The Morgan fingerprint density at radius 1 is 1.29 bits per heavy atom. The first-order chi connectivity index (χ1) is 10.0. The van der Waals surface area contributed by atoms with E-state index in [1.807, 2.05) is 0 Å². The fourth-order valence-electron chi connectivity index (χ4n) is 1.76. The minimum atomic E-state index is -0.654. The molecule has 0 aliphatic rings. The first kappa shape index (κ1) is 15.1. The van der Waals surface area contributed by atoms with Crippen molar-refractivity contribution in [1.82, 2.24) is 0 Å². The van der Waals surface area contributed by atoms with E-state index in [1.54, 1.807) is 12.1 Å². The molecule has 21 heavy (non-hydrogen) atoms. The van der Waals surface area contributed by atoms with Crippen LogP contribution in [-0.2, 0) is 11.3 Å². The van der Waals surface area contributed by atoms with Gasteiger partial charge in [-0.2, -0.15) is 0 Å². The number of ether oxygens (including phenoxy) is 2. The van der Waals surface area contributed by atoms with Crippen molar-refractivity contribution >= 4 is 23.3 Å². The standard InChI is InChI=1S/C15H13ClFNO3/c1-20-14-5-3-11(18)7-12(14)15(19)21-8-9-6-10(16)2-4-13(9)17/h2-7H,8,18H2,1H3. The van der Waals surface area contributed by atoms with Gasteiger partial charge in [0.05, 0.1) is 7.11 Å². The lowest BCUT2D eigenvalue weighted by Gasteiger charge is -2.10. The van der Waals surface area contributed by atoms with Crippen LogP contribution in [0.4, 0.5) is 10.1 Å². The predicted molar refractivity (Wildman–Crippen MR) is 77.9 cm³/mol. The van der Waals surface area contributed by atoms with E-state index in [4.69, 9.17) is 26.8 Å². The second-order valence-corrected chi connectivity index (χ2v) is 4.71. The fraction of sp³-hybridized carbons (Fsp3) is 0.133. The molecule has 0 aliphatic heterocycles. The monoisotopic (exact) mass is 309 g/mol. The minimum Gasteiger partial charge on any atom is -0.496 e. The van der Waals surface area contributed by atoms with Gasteiger partial charge >= 0.3 is 5.97 Å². The zero-order valence-corrected chi connectivity index (χ0v) is 12.0. The molecule has 0 saturated carbocycles. The van der Waals surface area contributed by atoms with Crippen LogP contribution >= 0.6 is 11.6 Å². The van der Waals surface area contributed by atoms with Gasteiger partial charge in [0.1, 0.15) is 23.7 Å². The second-order valence-electron chi connectivity index (χ2n) is 4.27. The first-order valence-corrected chi connectivity index (χ1v) is 6.43. The lowest BCUT2D eigenvalue weighted by atomic mass is 10.2. The Morgan fingerprint density at radius 3 is 2.76 bits per heavy atom. The van der Waals surface area contributed by atoms with Gasteiger partial charge in [-0.15, -0.1) is 0 Å². The van der Waals surface area contributed by atoms with Gasteiger partial charge in [0, 0.05) is 16.3 Å². The van der Waals surface area contributed by atoms with Crippen LogP contribution in [0.3, 0.4) is 0 Å². The zero-order valence-electron chi connectivity index (χ0n) is 11.2. The van der Waals surface area contributed by atoms with E-state index in [0.717, 1.165) is 0 Å². The van der Waals surface area contributed by atoms with Crippen LogP contribution < -0.4 is 10.5 Å². The summed E-state index contributed by atoms with van der Waals surface area (Å²) in [4.78, 5) is 12.0. The number of nitrogens with two attached hydrogens (primary N) is 1. The summed E-state index contributed by atoms with van der Waals surface area (Å²) < 4.78 is 23.7. The van der Waals surface area contributed by atoms with Gasteiger partial charge in [-0.25, -0.2) is 9.18 Å². The SMILES string of the molecule is COc1ccc(N)cc1C(=O)OCc1cc(Cl)ccc1F. The van der Waals surface area contributed by atoms with Crippen molar-refractivity contribution in [2.75, 3.05) is 12.8 Å². The fourth-order valence-corrected chi connectivity index (χ4v) is 1.95. The molecule has 0 aromatic heterocycles. The van der Waals surface area contributed by atoms with Crippen molar-refractivity contribution in [3.8, 4) is 5.75 Å². The van der Waals surface area contributed by atoms with Gasteiger partial charge in [-0.1, -0.05) is 11.6 Å². The highest BCUT2D eigenvalue weighted by molar-refractivity contribution is 6.30. The normalized spacial score (nSPS) is 10.2. The van der Waals surface area contributed by atoms with Crippen molar-refractivity contribution in [3.63, 3.8) is 0 Å². The third-order valence-electron chi connectivity index (χ3n) is 2.81. The number of rotatable bonds is 4. The van der Waals surface area contributed by atoms with Crippen molar-refractivity contribution < 1.29 is 18.7 Å². The number of nitrogen functional groups attached to an aromatic ring is 1. The molecule has 0 fully saturated rings. The van der Waals surface area contributed by atoms with Crippen LogP contribution in [0.25, 0.3) is 0 Å². The van der Waals surface area contributed by atoms with Crippen molar-refractivity contribution in [3.05, 3.63) is 58.4 Å². The lowest BCUT2D eigenvalue weighted by molar-refractivity contribution is 0.0465.